The maximum Gasteiger partial charge on any atom is 0.141 e. The Morgan fingerprint density at radius 1 is 1.10 bits per heavy atom. The predicted molar refractivity (Wildman–Crippen MR) is 88.9 cm³/mol. The van der Waals surface area contributed by atoms with Crippen LogP contribution in [0.5, 0.6) is 5.75 Å². The molecule has 0 amide bonds. The molecule has 0 aromatic heterocycles. The van der Waals surface area contributed by atoms with Crippen LogP contribution in [0.2, 0.25) is 0 Å². The van der Waals surface area contributed by atoms with Crippen LogP contribution < -0.4 is 10.1 Å². The molecule has 0 aliphatic carbocycles. The zero-order valence-electron chi connectivity index (χ0n) is 14.2. The highest BCUT2D eigenvalue weighted by molar-refractivity contribution is 5.59. The number of anilines is 1. The third-order valence-corrected chi connectivity index (χ3v) is 3.64. The number of hydrogen-bond donors (Lipinski definition) is 1. The first-order chi connectivity index (χ1) is 9.24. The average molecular weight is 277 g/mol. The highest BCUT2D eigenvalue weighted by Gasteiger charge is 2.16. The van der Waals surface area contributed by atoms with Gasteiger partial charge in [0, 0.05) is 6.04 Å². The quantitative estimate of drug-likeness (QED) is 0.768. The van der Waals surface area contributed by atoms with Gasteiger partial charge in [-0.2, -0.15) is 0 Å². The van der Waals surface area contributed by atoms with Gasteiger partial charge >= 0.3 is 0 Å². The molecule has 0 radical (unpaired) electrons. The van der Waals surface area contributed by atoms with Crippen molar-refractivity contribution in [1.82, 2.24) is 0 Å². The van der Waals surface area contributed by atoms with E-state index in [9.17, 15) is 0 Å². The standard InChI is InChI=1S/C18H31NO/c1-13(2)8-9-14(3)19-16-12-15(18(4,5)6)10-11-17(16)20-7/h10-14,19H,8-9H2,1-7H3. The Bertz CT molecular complexity index is 418. The molecule has 1 aromatic rings. The lowest BCUT2D eigenvalue weighted by Crippen LogP contribution is -2.18. The summed E-state index contributed by atoms with van der Waals surface area (Å²) in [7, 11) is 1.73. The van der Waals surface area contributed by atoms with E-state index < -0.39 is 0 Å². The van der Waals surface area contributed by atoms with Crippen molar-refractivity contribution in [2.24, 2.45) is 5.92 Å². The van der Waals surface area contributed by atoms with E-state index in [4.69, 9.17) is 4.74 Å². The fraction of sp³-hybridized carbons (Fsp3) is 0.667. The van der Waals surface area contributed by atoms with Gasteiger partial charge in [-0.3, -0.25) is 0 Å². The normalized spacial score (nSPS) is 13.4. The molecule has 0 heterocycles. The van der Waals surface area contributed by atoms with Gasteiger partial charge < -0.3 is 10.1 Å². The molecule has 114 valence electrons. The fourth-order valence-corrected chi connectivity index (χ4v) is 2.21. The first-order valence-electron chi connectivity index (χ1n) is 7.69. The number of methoxy groups -OCH3 is 1. The van der Waals surface area contributed by atoms with E-state index >= 15 is 0 Å². The van der Waals surface area contributed by atoms with Gasteiger partial charge in [-0.25, -0.2) is 0 Å². The summed E-state index contributed by atoms with van der Waals surface area (Å²) < 4.78 is 5.48. The third kappa shape index (κ3) is 5.07. The van der Waals surface area contributed by atoms with Crippen LogP contribution in [0, 0.1) is 5.92 Å². The van der Waals surface area contributed by atoms with E-state index in [1.54, 1.807) is 7.11 Å². The summed E-state index contributed by atoms with van der Waals surface area (Å²) in [5, 5.41) is 3.60. The van der Waals surface area contributed by atoms with Gasteiger partial charge in [-0.15, -0.1) is 0 Å². The molecule has 0 saturated heterocycles. The molecular weight excluding hydrogens is 246 g/mol. The van der Waals surface area contributed by atoms with Gasteiger partial charge in [0.1, 0.15) is 5.75 Å². The van der Waals surface area contributed by atoms with E-state index in [0.717, 1.165) is 17.4 Å². The first-order valence-corrected chi connectivity index (χ1v) is 7.69. The monoisotopic (exact) mass is 277 g/mol. The minimum Gasteiger partial charge on any atom is -0.495 e. The molecule has 0 saturated carbocycles. The molecule has 0 aliphatic heterocycles. The fourth-order valence-electron chi connectivity index (χ4n) is 2.21. The maximum absolute atomic E-state index is 5.48. The molecule has 1 atom stereocenters. The predicted octanol–water partition coefficient (Wildman–Crippen LogP) is 5.23. The van der Waals surface area contributed by atoms with Crippen molar-refractivity contribution in [3.63, 3.8) is 0 Å². The van der Waals surface area contributed by atoms with E-state index in [0.29, 0.717) is 6.04 Å². The summed E-state index contributed by atoms with van der Waals surface area (Å²) in [5.41, 5.74) is 2.59. The minimum atomic E-state index is 0.157. The van der Waals surface area contributed by atoms with Crippen LogP contribution in [0.3, 0.4) is 0 Å². The van der Waals surface area contributed by atoms with Crippen LogP contribution in [0.4, 0.5) is 5.69 Å². The molecule has 0 aliphatic rings. The topological polar surface area (TPSA) is 21.3 Å². The molecule has 0 fully saturated rings. The van der Waals surface area contributed by atoms with Crippen molar-refractivity contribution < 1.29 is 4.74 Å². The summed E-state index contributed by atoms with van der Waals surface area (Å²) >= 11 is 0. The van der Waals surface area contributed by atoms with Crippen molar-refractivity contribution in [2.75, 3.05) is 12.4 Å². The average Bonchev–Trinajstić information content (AvgIpc) is 2.35. The number of nitrogens with one attached hydrogen (secondary N) is 1. The molecule has 1 N–H and O–H groups in total. The molecule has 2 heteroatoms. The second-order valence-corrected chi connectivity index (χ2v) is 7.18. The summed E-state index contributed by atoms with van der Waals surface area (Å²) in [4.78, 5) is 0. The van der Waals surface area contributed by atoms with Gasteiger partial charge in [0.2, 0.25) is 0 Å². The van der Waals surface area contributed by atoms with Gasteiger partial charge in [-0.05, 0) is 48.8 Å². The van der Waals surface area contributed by atoms with E-state index in [2.05, 4.69) is 65.1 Å². The van der Waals surface area contributed by atoms with Gasteiger partial charge in [0.25, 0.3) is 0 Å². The van der Waals surface area contributed by atoms with Gasteiger partial charge in [-0.1, -0.05) is 40.7 Å². The Morgan fingerprint density at radius 2 is 1.75 bits per heavy atom. The Morgan fingerprint density at radius 3 is 2.25 bits per heavy atom. The van der Waals surface area contributed by atoms with Crippen LogP contribution in [0.25, 0.3) is 0 Å². The van der Waals surface area contributed by atoms with Gasteiger partial charge in [0.05, 0.1) is 12.8 Å². The van der Waals surface area contributed by atoms with Crippen LogP contribution >= 0.6 is 0 Å². The Labute approximate surface area is 124 Å². The van der Waals surface area contributed by atoms with Crippen LogP contribution in [0.15, 0.2) is 18.2 Å². The Kier molecular flexibility index (Phi) is 5.91. The number of benzene rings is 1. The van der Waals surface area contributed by atoms with E-state index in [1.807, 2.05) is 0 Å². The molecule has 2 nitrogen and oxygen atoms in total. The zero-order valence-corrected chi connectivity index (χ0v) is 14.2. The summed E-state index contributed by atoms with van der Waals surface area (Å²) in [6, 6.07) is 6.91. The summed E-state index contributed by atoms with van der Waals surface area (Å²) in [6.07, 6.45) is 2.43. The molecular formula is C18H31NO. The highest BCUT2D eigenvalue weighted by Crippen LogP contribution is 2.32. The van der Waals surface area contributed by atoms with Crippen molar-refractivity contribution >= 4 is 5.69 Å². The molecule has 0 bridgehead atoms. The molecule has 1 aromatic carbocycles. The van der Waals surface area contributed by atoms with Crippen molar-refractivity contribution in [2.45, 2.75) is 65.8 Å². The molecule has 0 spiro atoms. The lowest BCUT2D eigenvalue weighted by atomic mass is 9.86. The maximum atomic E-state index is 5.48. The van der Waals surface area contributed by atoms with Crippen molar-refractivity contribution in [3.8, 4) is 5.75 Å². The summed E-state index contributed by atoms with van der Waals surface area (Å²) in [5.74, 6) is 1.68. The SMILES string of the molecule is COc1ccc(C(C)(C)C)cc1NC(C)CCC(C)C. The lowest BCUT2D eigenvalue weighted by Gasteiger charge is -2.23. The third-order valence-electron chi connectivity index (χ3n) is 3.64. The first kappa shape index (κ1) is 16.9. The van der Waals surface area contributed by atoms with Crippen LogP contribution in [-0.2, 0) is 5.41 Å². The molecule has 20 heavy (non-hydrogen) atoms. The molecule has 1 unspecified atom stereocenters. The smallest absolute Gasteiger partial charge is 0.141 e. The largest absolute Gasteiger partial charge is 0.495 e. The van der Waals surface area contributed by atoms with Crippen molar-refractivity contribution in [3.05, 3.63) is 23.8 Å². The van der Waals surface area contributed by atoms with Crippen LogP contribution in [0.1, 0.15) is 59.9 Å². The summed E-state index contributed by atoms with van der Waals surface area (Å²) in [6.45, 7) is 13.5. The highest BCUT2D eigenvalue weighted by atomic mass is 16.5. The second kappa shape index (κ2) is 7.01. The van der Waals surface area contributed by atoms with E-state index in [-0.39, 0.29) is 5.41 Å². The van der Waals surface area contributed by atoms with Crippen LogP contribution in [-0.4, -0.2) is 13.2 Å². The van der Waals surface area contributed by atoms with Crippen molar-refractivity contribution in [1.29, 1.82) is 0 Å². The van der Waals surface area contributed by atoms with Gasteiger partial charge in [0.15, 0.2) is 0 Å². The second-order valence-electron chi connectivity index (χ2n) is 7.18. The Hall–Kier alpha value is -1.18. The zero-order chi connectivity index (χ0) is 15.3. The number of rotatable bonds is 6. The van der Waals surface area contributed by atoms with E-state index in [1.165, 1.54) is 18.4 Å². The lowest BCUT2D eigenvalue weighted by molar-refractivity contribution is 0.415. The Balaban J connectivity index is 2.86. The minimum absolute atomic E-state index is 0.157. The number of ether oxygens (including phenoxy) is 1. The molecule has 1 rings (SSSR count). The number of hydrogen-bond acceptors (Lipinski definition) is 2.